The number of piperidine rings is 1. The molecule has 2 N–H and O–H groups in total. The van der Waals surface area contributed by atoms with E-state index in [1.807, 2.05) is 0 Å². The second kappa shape index (κ2) is 8.62. The van der Waals surface area contributed by atoms with Crippen molar-refractivity contribution in [1.82, 2.24) is 20.2 Å². The highest BCUT2D eigenvalue weighted by Crippen LogP contribution is 2.34. The van der Waals surface area contributed by atoms with Crippen LogP contribution in [0.2, 0.25) is 0 Å². The molecule has 0 unspecified atom stereocenters. The van der Waals surface area contributed by atoms with Crippen LogP contribution < -0.4 is 10.1 Å². The zero-order chi connectivity index (χ0) is 21.1. The Morgan fingerprint density at radius 3 is 2.67 bits per heavy atom. The summed E-state index contributed by atoms with van der Waals surface area (Å²) in [5, 5.41) is 13.6. The number of halogens is 1. The van der Waals surface area contributed by atoms with E-state index in [0.29, 0.717) is 29.0 Å². The first-order valence-corrected chi connectivity index (χ1v) is 9.87. The minimum Gasteiger partial charge on any atom is -0.506 e. The molecule has 8 heteroatoms. The van der Waals surface area contributed by atoms with E-state index in [1.54, 1.807) is 18.2 Å². The summed E-state index contributed by atoms with van der Waals surface area (Å²) in [4.78, 5) is 22.8. The second-order valence-electron chi connectivity index (χ2n) is 7.59. The molecule has 0 atom stereocenters. The Morgan fingerprint density at radius 2 is 1.93 bits per heavy atom. The molecule has 1 saturated heterocycles. The van der Waals surface area contributed by atoms with Crippen LogP contribution in [0.1, 0.15) is 12.8 Å². The van der Waals surface area contributed by atoms with Crippen molar-refractivity contribution in [3.8, 4) is 22.8 Å². The molecule has 0 spiro atoms. The lowest BCUT2D eigenvalue weighted by atomic mass is 9.97. The first kappa shape index (κ1) is 20.0. The number of carbonyl (C=O) groups is 1. The van der Waals surface area contributed by atoms with E-state index in [-0.39, 0.29) is 23.0 Å². The third-order valence-corrected chi connectivity index (χ3v) is 5.42. The number of benzene rings is 2. The summed E-state index contributed by atoms with van der Waals surface area (Å²) in [6, 6.07) is 9.13. The average molecular weight is 410 g/mol. The lowest BCUT2D eigenvalue weighted by Crippen LogP contribution is -2.37. The zero-order valence-electron chi connectivity index (χ0n) is 16.6. The minimum absolute atomic E-state index is 0.0557. The highest BCUT2D eigenvalue weighted by atomic mass is 19.1. The zero-order valence-corrected chi connectivity index (χ0v) is 16.6. The molecule has 1 aliphatic heterocycles. The molecular formula is C22H23FN4O3. The summed E-state index contributed by atoms with van der Waals surface area (Å²) in [5.41, 5.74) is 1.61. The third kappa shape index (κ3) is 4.49. The Morgan fingerprint density at radius 1 is 1.20 bits per heavy atom. The number of aromatic hydroxyl groups is 1. The maximum absolute atomic E-state index is 13.2. The van der Waals surface area contributed by atoms with Crippen molar-refractivity contribution in [3.63, 3.8) is 0 Å². The van der Waals surface area contributed by atoms with Crippen molar-refractivity contribution < 1.29 is 19.0 Å². The largest absolute Gasteiger partial charge is 0.506 e. The van der Waals surface area contributed by atoms with E-state index in [1.165, 1.54) is 24.5 Å². The Balaban J connectivity index is 1.53. The lowest BCUT2D eigenvalue weighted by molar-refractivity contribution is 0.186. The van der Waals surface area contributed by atoms with E-state index >= 15 is 0 Å². The van der Waals surface area contributed by atoms with Crippen molar-refractivity contribution >= 4 is 17.0 Å². The number of amides is 1. The van der Waals surface area contributed by atoms with E-state index in [9.17, 15) is 14.3 Å². The Kier molecular flexibility index (Phi) is 5.76. The number of aromatic nitrogens is 2. The molecule has 2 heterocycles. The lowest BCUT2D eigenvalue weighted by Gasteiger charge is -2.28. The van der Waals surface area contributed by atoms with Gasteiger partial charge in [-0.2, -0.15) is 0 Å². The maximum atomic E-state index is 13.2. The van der Waals surface area contributed by atoms with Gasteiger partial charge < -0.3 is 20.1 Å². The summed E-state index contributed by atoms with van der Waals surface area (Å²) in [7, 11) is 2.09. The van der Waals surface area contributed by atoms with Crippen LogP contribution in [0.4, 0.5) is 9.18 Å². The van der Waals surface area contributed by atoms with Gasteiger partial charge in [0.2, 0.25) is 5.88 Å². The molecule has 0 radical (unpaired) electrons. The molecule has 30 heavy (non-hydrogen) atoms. The normalized spacial score (nSPS) is 15.3. The van der Waals surface area contributed by atoms with Crippen LogP contribution in [0.15, 0.2) is 42.7 Å². The fraction of sp³-hybridized carbons (Fsp3) is 0.318. The predicted octanol–water partition coefficient (Wildman–Crippen LogP) is 3.57. The Hall–Kier alpha value is -3.26. The smallest absolute Gasteiger partial charge is 0.413 e. The number of carbonyl (C=O) groups excluding carboxylic acids is 1. The number of nitrogens with zero attached hydrogens (tertiary/aromatic N) is 3. The number of phenolic OH excluding ortho intramolecular Hbond substituents is 1. The maximum Gasteiger partial charge on any atom is 0.413 e. The standard InChI is InChI=1S/C22H23FN4O3/c1-27-8-6-14(7-9-27)12-24-22(29)30-21-18-10-16(15-2-4-17(23)5-3-15)11-19(28)20(18)25-13-26-21/h2-5,10-11,13-14,28H,6-9,12H2,1H3,(H,24,29). The van der Waals surface area contributed by atoms with Crippen LogP contribution in [0.5, 0.6) is 11.6 Å². The summed E-state index contributed by atoms with van der Waals surface area (Å²) in [6.45, 7) is 2.58. The van der Waals surface area contributed by atoms with E-state index in [4.69, 9.17) is 4.74 Å². The molecule has 4 rings (SSSR count). The molecule has 1 aromatic heterocycles. The van der Waals surface area contributed by atoms with Gasteiger partial charge in [-0.1, -0.05) is 12.1 Å². The molecule has 0 saturated carbocycles. The molecular weight excluding hydrogens is 387 g/mol. The van der Waals surface area contributed by atoms with Crippen LogP contribution in [-0.4, -0.2) is 52.7 Å². The van der Waals surface area contributed by atoms with Gasteiger partial charge in [0.25, 0.3) is 0 Å². The number of hydrogen-bond acceptors (Lipinski definition) is 6. The summed E-state index contributed by atoms with van der Waals surface area (Å²) < 4.78 is 18.7. The predicted molar refractivity (Wildman–Crippen MR) is 111 cm³/mol. The SMILES string of the molecule is CN1CCC(CNC(=O)Oc2ncnc3c(O)cc(-c4ccc(F)cc4)cc23)CC1. The average Bonchev–Trinajstić information content (AvgIpc) is 2.74. The van der Waals surface area contributed by atoms with Gasteiger partial charge in [-0.15, -0.1) is 0 Å². The summed E-state index contributed by atoms with van der Waals surface area (Å²) in [5.74, 6) is 0.0494. The van der Waals surface area contributed by atoms with E-state index in [0.717, 1.165) is 25.9 Å². The van der Waals surface area contributed by atoms with Gasteiger partial charge in [0.1, 0.15) is 23.4 Å². The molecule has 3 aromatic rings. The molecule has 0 aliphatic carbocycles. The van der Waals surface area contributed by atoms with Gasteiger partial charge in [-0.05, 0) is 74.3 Å². The number of likely N-dealkylation sites (tertiary alicyclic amines) is 1. The summed E-state index contributed by atoms with van der Waals surface area (Å²) >= 11 is 0. The molecule has 1 amide bonds. The highest BCUT2D eigenvalue weighted by Gasteiger charge is 2.19. The molecule has 1 fully saturated rings. The Bertz CT molecular complexity index is 1050. The number of fused-ring (bicyclic) bond motifs is 1. The van der Waals surface area contributed by atoms with Crippen molar-refractivity contribution in [2.75, 3.05) is 26.7 Å². The van der Waals surface area contributed by atoms with Crippen LogP contribution in [0.3, 0.4) is 0 Å². The van der Waals surface area contributed by atoms with Gasteiger partial charge in [-0.25, -0.2) is 19.2 Å². The molecule has 156 valence electrons. The summed E-state index contributed by atoms with van der Waals surface area (Å²) in [6.07, 6.45) is 2.70. The fourth-order valence-electron chi connectivity index (χ4n) is 3.63. The molecule has 1 aliphatic rings. The van der Waals surface area contributed by atoms with Crippen LogP contribution in [0.25, 0.3) is 22.0 Å². The molecule has 2 aromatic carbocycles. The minimum atomic E-state index is -0.597. The topological polar surface area (TPSA) is 87.6 Å². The van der Waals surface area contributed by atoms with E-state index < -0.39 is 6.09 Å². The second-order valence-corrected chi connectivity index (χ2v) is 7.59. The van der Waals surface area contributed by atoms with E-state index in [2.05, 4.69) is 27.2 Å². The number of nitrogens with one attached hydrogen (secondary N) is 1. The van der Waals surface area contributed by atoms with Gasteiger partial charge >= 0.3 is 6.09 Å². The quantitative estimate of drug-likeness (QED) is 0.684. The fourth-order valence-corrected chi connectivity index (χ4v) is 3.63. The van der Waals surface area contributed by atoms with Crippen molar-refractivity contribution in [2.45, 2.75) is 12.8 Å². The van der Waals surface area contributed by atoms with Crippen LogP contribution in [-0.2, 0) is 0 Å². The van der Waals surface area contributed by atoms with Crippen molar-refractivity contribution in [1.29, 1.82) is 0 Å². The van der Waals surface area contributed by atoms with Crippen LogP contribution in [0, 0.1) is 11.7 Å². The number of phenols is 1. The Labute approximate surface area is 173 Å². The number of ether oxygens (including phenoxy) is 1. The third-order valence-electron chi connectivity index (χ3n) is 5.42. The first-order valence-electron chi connectivity index (χ1n) is 9.87. The van der Waals surface area contributed by atoms with Crippen molar-refractivity contribution in [3.05, 3.63) is 48.5 Å². The molecule has 7 nitrogen and oxygen atoms in total. The van der Waals surface area contributed by atoms with Gasteiger partial charge in [0.15, 0.2) is 0 Å². The van der Waals surface area contributed by atoms with Crippen LogP contribution >= 0.6 is 0 Å². The van der Waals surface area contributed by atoms with Gasteiger partial charge in [0, 0.05) is 6.54 Å². The monoisotopic (exact) mass is 410 g/mol. The molecule has 0 bridgehead atoms. The van der Waals surface area contributed by atoms with Gasteiger partial charge in [0.05, 0.1) is 5.39 Å². The number of rotatable bonds is 4. The number of hydrogen-bond donors (Lipinski definition) is 2. The van der Waals surface area contributed by atoms with Gasteiger partial charge in [-0.3, -0.25) is 0 Å². The van der Waals surface area contributed by atoms with Crippen molar-refractivity contribution in [2.24, 2.45) is 5.92 Å². The highest BCUT2D eigenvalue weighted by molar-refractivity contribution is 5.93. The first-order chi connectivity index (χ1) is 14.5.